The van der Waals surface area contributed by atoms with Crippen LogP contribution in [0.4, 0.5) is 0 Å². The normalized spacial score (nSPS) is 17.8. The van der Waals surface area contributed by atoms with E-state index in [2.05, 4.69) is 0 Å². The highest BCUT2D eigenvalue weighted by Crippen LogP contribution is 2.28. The van der Waals surface area contributed by atoms with E-state index in [1.165, 1.54) is 31.4 Å². The molecule has 0 spiro atoms. The predicted octanol–water partition coefficient (Wildman–Crippen LogP) is 2.29. The Balaban J connectivity index is 2.02. The van der Waals surface area contributed by atoms with E-state index in [9.17, 15) is 9.00 Å². The van der Waals surface area contributed by atoms with Crippen molar-refractivity contribution >= 4 is 16.8 Å². The minimum Gasteiger partial charge on any atom is -0.478 e. The third-order valence-electron chi connectivity index (χ3n) is 2.98. The van der Waals surface area contributed by atoms with Crippen molar-refractivity contribution in [3.05, 3.63) is 29.8 Å². The van der Waals surface area contributed by atoms with Gasteiger partial charge in [0.05, 0.1) is 16.4 Å². The van der Waals surface area contributed by atoms with Crippen LogP contribution in [0, 0.1) is 5.92 Å². The Labute approximate surface area is 96.9 Å². The second-order valence-corrected chi connectivity index (χ2v) is 5.63. The average molecular weight is 238 g/mol. The molecule has 0 amide bonds. The summed E-state index contributed by atoms with van der Waals surface area (Å²) in [6.07, 6.45) is 3.61. The first kappa shape index (κ1) is 11.3. The quantitative estimate of drug-likeness (QED) is 0.875. The molecule has 0 heterocycles. The van der Waals surface area contributed by atoms with Crippen molar-refractivity contribution in [1.29, 1.82) is 0 Å². The zero-order valence-corrected chi connectivity index (χ0v) is 9.70. The van der Waals surface area contributed by atoms with Gasteiger partial charge in [-0.25, -0.2) is 4.79 Å². The summed E-state index contributed by atoms with van der Waals surface area (Å²) in [5.41, 5.74) is 0.240. The molecule has 0 aliphatic heterocycles. The second kappa shape index (κ2) is 4.78. The molecule has 3 nitrogen and oxygen atoms in total. The summed E-state index contributed by atoms with van der Waals surface area (Å²) in [5, 5.41) is 8.73. The third kappa shape index (κ3) is 2.50. The third-order valence-corrected chi connectivity index (χ3v) is 4.55. The van der Waals surface area contributed by atoms with Crippen LogP contribution in [-0.2, 0) is 10.8 Å². The van der Waals surface area contributed by atoms with Gasteiger partial charge in [-0.15, -0.1) is 0 Å². The van der Waals surface area contributed by atoms with Crippen molar-refractivity contribution in [3.8, 4) is 0 Å². The fourth-order valence-electron chi connectivity index (χ4n) is 1.72. The molecule has 4 heteroatoms. The maximum absolute atomic E-state index is 11.9. The van der Waals surface area contributed by atoms with Gasteiger partial charge in [-0.05, 0) is 43.0 Å². The lowest BCUT2D eigenvalue weighted by Gasteiger charge is -2.24. The van der Waals surface area contributed by atoms with Gasteiger partial charge in [0.25, 0.3) is 0 Å². The van der Waals surface area contributed by atoms with Crippen LogP contribution in [-0.4, -0.2) is 21.0 Å². The first-order valence-corrected chi connectivity index (χ1v) is 6.70. The molecule has 0 bridgehead atoms. The lowest BCUT2D eigenvalue weighted by Crippen LogP contribution is -2.18. The number of hydrogen-bond acceptors (Lipinski definition) is 2. The molecule has 1 atom stereocenters. The minimum atomic E-state index is -0.977. The summed E-state index contributed by atoms with van der Waals surface area (Å²) in [5.74, 6) is 0.364. The molecule has 1 fully saturated rings. The maximum atomic E-state index is 11.9. The number of carboxylic acid groups (broad SMARTS) is 1. The average Bonchev–Trinajstić information content (AvgIpc) is 2.23. The molecule has 86 valence electrons. The van der Waals surface area contributed by atoms with E-state index in [4.69, 9.17) is 5.11 Å². The van der Waals surface area contributed by atoms with E-state index in [-0.39, 0.29) is 5.56 Å². The van der Waals surface area contributed by atoms with E-state index in [1.807, 2.05) is 0 Å². The molecule has 1 unspecified atom stereocenters. The molecule has 1 saturated carbocycles. The Kier molecular flexibility index (Phi) is 3.39. The van der Waals surface area contributed by atoms with Gasteiger partial charge >= 0.3 is 5.97 Å². The SMILES string of the molecule is O=C(O)c1ccc(S(=O)CC2CCC2)cc1. The standard InChI is InChI=1S/C12H14O3S/c13-12(14)10-4-6-11(7-5-10)16(15)8-9-2-1-3-9/h4-7,9H,1-3,8H2,(H,13,14). The summed E-state index contributed by atoms with van der Waals surface area (Å²) in [6, 6.07) is 6.32. The molecule has 1 aliphatic rings. The summed E-state index contributed by atoms with van der Waals surface area (Å²) in [4.78, 5) is 11.4. The van der Waals surface area contributed by atoms with Crippen LogP contribution < -0.4 is 0 Å². The molecule has 1 aliphatic carbocycles. The topological polar surface area (TPSA) is 54.4 Å². The molecular formula is C12H14O3S. The van der Waals surface area contributed by atoms with Gasteiger partial charge in [-0.3, -0.25) is 4.21 Å². The maximum Gasteiger partial charge on any atom is 0.335 e. The highest BCUT2D eigenvalue weighted by Gasteiger charge is 2.20. The monoisotopic (exact) mass is 238 g/mol. The fourth-order valence-corrected chi connectivity index (χ4v) is 3.11. The molecule has 0 saturated heterocycles. The van der Waals surface area contributed by atoms with Gasteiger partial charge < -0.3 is 5.11 Å². The number of benzene rings is 1. The molecule has 1 N–H and O–H groups in total. The van der Waals surface area contributed by atoms with Gasteiger partial charge in [0, 0.05) is 10.6 Å². The molecule has 1 aromatic carbocycles. The summed E-state index contributed by atoms with van der Waals surface area (Å²) >= 11 is 0. The van der Waals surface area contributed by atoms with Crippen LogP contribution >= 0.6 is 0 Å². The van der Waals surface area contributed by atoms with Crippen LogP contribution in [0.5, 0.6) is 0 Å². The van der Waals surface area contributed by atoms with E-state index in [0.29, 0.717) is 11.7 Å². The lowest BCUT2D eigenvalue weighted by molar-refractivity contribution is 0.0697. The Bertz CT molecular complexity index is 407. The Morgan fingerprint density at radius 3 is 2.38 bits per heavy atom. The van der Waals surface area contributed by atoms with E-state index < -0.39 is 16.8 Å². The number of carboxylic acids is 1. The van der Waals surface area contributed by atoms with Crippen LogP contribution in [0.2, 0.25) is 0 Å². The summed E-state index contributed by atoms with van der Waals surface area (Å²) in [6.45, 7) is 0. The van der Waals surface area contributed by atoms with Crippen LogP contribution in [0.25, 0.3) is 0 Å². The van der Waals surface area contributed by atoms with Crippen LogP contribution in [0.3, 0.4) is 0 Å². The van der Waals surface area contributed by atoms with Gasteiger partial charge in [-0.2, -0.15) is 0 Å². The van der Waals surface area contributed by atoms with Crippen molar-refractivity contribution in [2.24, 2.45) is 5.92 Å². The zero-order valence-electron chi connectivity index (χ0n) is 8.89. The second-order valence-electron chi connectivity index (χ2n) is 4.14. The van der Waals surface area contributed by atoms with Crippen molar-refractivity contribution in [2.45, 2.75) is 24.2 Å². The van der Waals surface area contributed by atoms with Crippen molar-refractivity contribution in [3.63, 3.8) is 0 Å². The summed E-state index contributed by atoms with van der Waals surface area (Å²) in [7, 11) is -0.977. The predicted molar refractivity (Wildman–Crippen MR) is 62.0 cm³/mol. The smallest absolute Gasteiger partial charge is 0.335 e. The van der Waals surface area contributed by atoms with E-state index >= 15 is 0 Å². The number of hydrogen-bond donors (Lipinski definition) is 1. The van der Waals surface area contributed by atoms with E-state index in [0.717, 1.165) is 4.90 Å². The molecule has 16 heavy (non-hydrogen) atoms. The number of aromatic carboxylic acids is 1. The van der Waals surface area contributed by atoms with Gasteiger partial charge in [0.2, 0.25) is 0 Å². The van der Waals surface area contributed by atoms with Gasteiger partial charge in [0.15, 0.2) is 0 Å². The fraction of sp³-hybridized carbons (Fsp3) is 0.417. The Hall–Kier alpha value is -1.16. The molecule has 0 radical (unpaired) electrons. The Morgan fingerprint density at radius 1 is 1.31 bits per heavy atom. The highest BCUT2D eigenvalue weighted by atomic mass is 32.2. The molecular weight excluding hydrogens is 224 g/mol. The highest BCUT2D eigenvalue weighted by molar-refractivity contribution is 7.85. The van der Waals surface area contributed by atoms with Crippen molar-refractivity contribution < 1.29 is 14.1 Å². The van der Waals surface area contributed by atoms with Gasteiger partial charge in [-0.1, -0.05) is 6.42 Å². The first-order chi connectivity index (χ1) is 7.66. The lowest BCUT2D eigenvalue weighted by atomic mass is 9.87. The molecule has 0 aromatic heterocycles. The Morgan fingerprint density at radius 2 is 1.94 bits per heavy atom. The molecule has 1 aromatic rings. The minimum absolute atomic E-state index is 0.240. The van der Waals surface area contributed by atoms with Crippen molar-refractivity contribution in [2.75, 3.05) is 5.75 Å². The van der Waals surface area contributed by atoms with Crippen molar-refractivity contribution in [1.82, 2.24) is 0 Å². The number of rotatable bonds is 4. The van der Waals surface area contributed by atoms with Crippen LogP contribution in [0.15, 0.2) is 29.2 Å². The van der Waals surface area contributed by atoms with E-state index in [1.54, 1.807) is 12.1 Å². The van der Waals surface area contributed by atoms with Gasteiger partial charge in [0.1, 0.15) is 0 Å². The number of carbonyl (C=O) groups is 1. The van der Waals surface area contributed by atoms with Crippen LogP contribution in [0.1, 0.15) is 29.6 Å². The first-order valence-electron chi connectivity index (χ1n) is 5.38. The summed E-state index contributed by atoms with van der Waals surface area (Å²) < 4.78 is 11.9. The zero-order chi connectivity index (χ0) is 11.5. The molecule has 2 rings (SSSR count). The largest absolute Gasteiger partial charge is 0.478 e.